The largest absolute Gasteiger partial charge is 0.703 e. The van der Waals surface area contributed by atoms with E-state index in [1.54, 1.807) is 0 Å². The Balaban J connectivity index is 1.20. The normalized spacial score (nSPS) is 24.4. The van der Waals surface area contributed by atoms with E-state index in [1.165, 1.54) is 101 Å². The number of nitrogens with one attached hydrogen (secondary N) is 2. The number of hydrogen-bond donors (Lipinski definition) is 4. The van der Waals surface area contributed by atoms with E-state index in [9.17, 15) is 14.8 Å². The molecule has 48 heavy (non-hydrogen) atoms. The predicted molar refractivity (Wildman–Crippen MR) is 196 cm³/mol. The van der Waals surface area contributed by atoms with Crippen LogP contribution in [0, 0.1) is 11.8 Å². The van der Waals surface area contributed by atoms with Gasteiger partial charge in [0.2, 0.25) is 11.6 Å². The molecule has 2 heterocycles. The van der Waals surface area contributed by atoms with Crippen LogP contribution in [0.5, 0.6) is 0 Å². The molecule has 2 aliphatic heterocycles. The molecule has 8 heteroatoms. The molecule has 2 aromatic rings. The lowest BCUT2D eigenvalue weighted by Crippen LogP contribution is -2.43. The summed E-state index contributed by atoms with van der Waals surface area (Å²) in [6.07, 6.45) is 21.6. The van der Waals surface area contributed by atoms with Gasteiger partial charge >= 0.3 is 8.25 Å². The van der Waals surface area contributed by atoms with Crippen LogP contribution in [0.1, 0.15) is 126 Å². The van der Waals surface area contributed by atoms with Crippen LogP contribution < -0.4 is 10.6 Å². The molecule has 2 aliphatic rings. The number of benzene rings is 2. The molecular weight excluding hydrogens is 619 g/mol. The molecule has 0 bridgehead atoms. The van der Waals surface area contributed by atoms with Crippen molar-refractivity contribution < 1.29 is 23.8 Å². The van der Waals surface area contributed by atoms with Crippen LogP contribution in [0.25, 0.3) is 0 Å². The Morgan fingerprint density at radius 3 is 1.29 bits per heavy atom. The third kappa shape index (κ3) is 12.9. The zero-order chi connectivity index (χ0) is 34.1. The lowest BCUT2D eigenvalue weighted by Gasteiger charge is -2.25. The molecule has 7 nitrogen and oxygen atoms in total. The SMILES string of the molecule is CCCCCCCCCc1ccc(CC2CNCC2(O)O[P+](=O)OC2(O)CNCC2Cc2ccc(CCCCCCCCC)cc2)cc1. The highest BCUT2D eigenvalue weighted by atomic mass is 31.1. The maximum Gasteiger partial charge on any atom is 0.703 e. The summed E-state index contributed by atoms with van der Waals surface area (Å²) in [6.45, 7) is 5.91. The molecule has 268 valence electrons. The van der Waals surface area contributed by atoms with Crippen LogP contribution in [0.15, 0.2) is 48.5 Å². The van der Waals surface area contributed by atoms with Crippen LogP contribution in [0.3, 0.4) is 0 Å². The third-order valence-corrected chi connectivity index (χ3v) is 11.4. The van der Waals surface area contributed by atoms with Crippen LogP contribution in [-0.4, -0.2) is 48.0 Å². The van der Waals surface area contributed by atoms with Crippen molar-refractivity contribution in [3.63, 3.8) is 0 Å². The fourth-order valence-corrected chi connectivity index (χ4v) is 8.22. The summed E-state index contributed by atoms with van der Waals surface area (Å²) in [5.41, 5.74) is 4.90. The number of rotatable bonds is 24. The fourth-order valence-electron chi connectivity index (χ4n) is 7.24. The molecule has 2 aromatic carbocycles. The van der Waals surface area contributed by atoms with E-state index in [-0.39, 0.29) is 24.9 Å². The summed E-state index contributed by atoms with van der Waals surface area (Å²) in [4.78, 5) is 0. The fraction of sp³-hybridized carbons (Fsp3) is 0.700. The standard InChI is InChI=1S/C40H64N2O5P/c1-3-5-7-9-11-13-15-17-33-19-23-35(24-20-33)27-37-29-41-31-39(37,43)46-48(45)47-40(44)32-42-30-38(40)28-36-25-21-34(22-26-36)18-16-14-12-10-8-6-4-2/h19-26,37-38,41-44H,3-18,27-32H2,1-2H3/q+1. The first-order valence-electron chi connectivity index (χ1n) is 19.2. The zero-order valence-electron chi connectivity index (χ0n) is 29.9. The predicted octanol–water partition coefficient (Wildman–Crippen LogP) is 8.56. The number of aryl methyl sites for hydroxylation is 2. The molecule has 2 saturated heterocycles. The lowest BCUT2D eigenvalue weighted by atomic mass is 9.93. The van der Waals surface area contributed by atoms with E-state index < -0.39 is 19.8 Å². The lowest BCUT2D eigenvalue weighted by molar-refractivity contribution is -0.185. The first kappa shape index (κ1) is 39.1. The number of β-amino-alcohol motifs (C(OH)–C–C–N with tert-alkyl or cyclic N) is 2. The van der Waals surface area contributed by atoms with Gasteiger partial charge in [-0.05, 0) is 60.8 Å². The minimum Gasteiger partial charge on any atom is -0.361 e. The topological polar surface area (TPSA) is 100 Å². The van der Waals surface area contributed by atoms with E-state index in [0.29, 0.717) is 25.9 Å². The summed E-state index contributed by atoms with van der Waals surface area (Å²) in [6, 6.07) is 17.3. The summed E-state index contributed by atoms with van der Waals surface area (Å²) in [5, 5.41) is 29.2. The van der Waals surface area contributed by atoms with Crippen LogP contribution in [0.4, 0.5) is 0 Å². The Bertz CT molecular complexity index is 1100. The van der Waals surface area contributed by atoms with E-state index in [1.807, 2.05) is 0 Å². The molecule has 0 saturated carbocycles. The number of aliphatic hydroxyl groups is 2. The molecule has 0 amide bonds. The number of hydrogen-bond acceptors (Lipinski definition) is 7. The second kappa shape index (κ2) is 20.8. The van der Waals surface area contributed by atoms with Crippen molar-refractivity contribution in [3.8, 4) is 0 Å². The van der Waals surface area contributed by atoms with Gasteiger partial charge < -0.3 is 20.8 Å². The second-order valence-electron chi connectivity index (χ2n) is 14.5. The zero-order valence-corrected chi connectivity index (χ0v) is 30.8. The molecule has 0 aromatic heterocycles. The highest BCUT2D eigenvalue weighted by Crippen LogP contribution is 2.43. The average Bonchev–Trinajstić information content (AvgIpc) is 3.61. The van der Waals surface area contributed by atoms with E-state index in [4.69, 9.17) is 9.05 Å². The molecular formula is C40H64N2O5P+. The van der Waals surface area contributed by atoms with E-state index >= 15 is 0 Å². The minimum atomic E-state index is -2.77. The molecule has 0 aliphatic carbocycles. The Morgan fingerprint density at radius 2 is 0.917 bits per heavy atom. The maximum atomic E-state index is 13.2. The van der Waals surface area contributed by atoms with Gasteiger partial charge in [-0.15, -0.1) is 0 Å². The van der Waals surface area contributed by atoms with Gasteiger partial charge in [0, 0.05) is 29.5 Å². The quantitative estimate of drug-likeness (QED) is 0.0500. The number of unbranched alkanes of at least 4 members (excludes halogenated alkanes) is 12. The van der Waals surface area contributed by atoms with Crippen molar-refractivity contribution in [2.45, 2.75) is 141 Å². The van der Waals surface area contributed by atoms with Gasteiger partial charge in [0.05, 0.1) is 13.1 Å². The third-order valence-electron chi connectivity index (χ3n) is 10.4. The molecule has 4 N–H and O–H groups in total. The average molecular weight is 684 g/mol. The van der Waals surface area contributed by atoms with Crippen molar-refractivity contribution >= 4 is 8.25 Å². The summed E-state index contributed by atoms with van der Waals surface area (Å²) in [7, 11) is -2.77. The van der Waals surface area contributed by atoms with Crippen molar-refractivity contribution in [1.29, 1.82) is 0 Å². The van der Waals surface area contributed by atoms with Gasteiger partial charge in [-0.25, -0.2) is 0 Å². The molecule has 4 atom stereocenters. The van der Waals surface area contributed by atoms with Crippen LogP contribution >= 0.6 is 8.25 Å². The maximum absolute atomic E-state index is 13.2. The summed E-state index contributed by atoms with van der Waals surface area (Å²) in [5.74, 6) is -3.87. The van der Waals surface area contributed by atoms with Crippen molar-refractivity contribution in [2.75, 3.05) is 26.2 Å². The summed E-state index contributed by atoms with van der Waals surface area (Å²) >= 11 is 0. The molecule has 2 fully saturated rings. The van der Waals surface area contributed by atoms with Crippen LogP contribution in [-0.2, 0) is 39.3 Å². The highest BCUT2D eigenvalue weighted by molar-refractivity contribution is 7.33. The van der Waals surface area contributed by atoms with Crippen molar-refractivity contribution in [1.82, 2.24) is 10.6 Å². The first-order chi connectivity index (χ1) is 23.3. The van der Waals surface area contributed by atoms with E-state index in [2.05, 4.69) is 73.0 Å². The van der Waals surface area contributed by atoms with Gasteiger partial charge in [-0.3, -0.25) is 0 Å². The molecule has 0 spiro atoms. The van der Waals surface area contributed by atoms with Gasteiger partial charge in [0.25, 0.3) is 0 Å². The Kier molecular flexibility index (Phi) is 17.0. The van der Waals surface area contributed by atoms with Gasteiger partial charge in [0.15, 0.2) is 0 Å². The van der Waals surface area contributed by atoms with Crippen molar-refractivity contribution in [2.24, 2.45) is 11.8 Å². The Morgan fingerprint density at radius 1 is 0.583 bits per heavy atom. The minimum absolute atomic E-state index is 0.157. The Hall–Kier alpha value is -1.70. The second-order valence-corrected chi connectivity index (χ2v) is 15.3. The molecule has 4 rings (SSSR count). The Labute approximate surface area is 291 Å². The monoisotopic (exact) mass is 683 g/mol. The van der Waals surface area contributed by atoms with Crippen molar-refractivity contribution in [3.05, 3.63) is 70.8 Å². The van der Waals surface area contributed by atoms with Gasteiger partial charge in [0.1, 0.15) is 0 Å². The smallest absolute Gasteiger partial charge is 0.361 e. The molecule has 4 unspecified atom stereocenters. The van der Waals surface area contributed by atoms with Gasteiger partial charge in [-0.2, -0.15) is 0 Å². The van der Waals surface area contributed by atoms with E-state index in [0.717, 1.165) is 24.0 Å². The van der Waals surface area contributed by atoms with Crippen LogP contribution in [0.2, 0.25) is 0 Å². The molecule has 0 radical (unpaired) electrons. The summed E-state index contributed by atoms with van der Waals surface area (Å²) < 4.78 is 24.6. The first-order valence-corrected chi connectivity index (χ1v) is 20.3. The van der Waals surface area contributed by atoms with Gasteiger partial charge in [-0.1, -0.05) is 148 Å². The highest BCUT2D eigenvalue weighted by Gasteiger charge is 2.55.